The van der Waals surface area contributed by atoms with E-state index in [4.69, 9.17) is 18.9 Å². The number of hydrogen-bond acceptors (Lipinski definition) is 6. The molecule has 0 saturated carbocycles. The number of fused-ring (bicyclic) bond motifs is 1. The molecule has 2 aromatic carbocycles. The fraction of sp³-hybridized carbons (Fsp3) is 0.480. The summed E-state index contributed by atoms with van der Waals surface area (Å²) in [7, 11) is 6.61. The topological polar surface area (TPSA) is 60.5 Å². The second-order valence-electron chi connectivity index (χ2n) is 8.28. The zero-order valence-electron chi connectivity index (χ0n) is 19.3. The average Bonchev–Trinajstić information content (AvgIpc) is 3.29. The first kappa shape index (κ1) is 22.3. The largest absolute Gasteiger partial charge is 0.497 e. The molecule has 0 unspecified atom stereocenters. The Bertz CT molecular complexity index is 977. The van der Waals surface area contributed by atoms with Gasteiger partial charge in [0.1, 0.15) is 11.5 Å². The van der Waals surface area contributed by atoms with Crippen LogP contribution in [0.1, 0.15) is 35.6 Å². The van der Waals surface area contributed by atoms with Crippen LogP contribution >= 0.6 is 0 Å². The number of nitrogens with zero attached hydrogens (tertiary/aromatic N) is 2. The molecule has 7 nitrogen and oxygen atoms in total. The first-order valence-corrected chi connectivity index (χ1v) is 11.1. The minimum atomic E-state index is 0.157. The highest BCUT2D eigenvalue weighted by Crippen LogP contribution is 2.39. The van der Waals surface area contributed by atoms with E-state index in [-0.39, 0.29) is 11.9 Å². The van der Waals surface area contributed by atoms with Gasteiger partial charge < -0.3 is 23.8 Å². The predicted octanol–water partition coefficient (Wildman–Crippen LogP) is 3.44. The zero-order valence-corrected chi connectivity index (χ0v) is 19.3. The molecular weight excluding hydrogens is 408 g/mol. The van der Waals surface area contributed by atoms with E-state index in [1.165, 1.54) is 5.56 Å². The molecule has 1 fully saturated rings. The van der Waals surface area contributed by atoms with Crippen molar-refractivity contribution in [3.63, 3.8) is 0 Å². The molecule has 0 N–H and O–H groups in total. The molecule has 2 heterocycles. The van der Waals surface area contributed by atoms with Crippen LogP contribution in [0.2, 0.25) is 0 Å². The first-order valence-electron chi connectivity index (χ1n) is 11.1. The summed E-state index contributed by atoms with van der Waals surface area (Å²) in [6.45, 7) is 2.62. The molecule has 2 aliphatic heterocycles. The van der Waals surface area contributed by atoms with Gasteiger partial charge in [-0.3, -0.25) is 9.69 Å². The van der Waals surface area contributed by atoms with Gasteiger partial charge in [-0.05, 0) is 55.1 Å². The lowest BCUT2D eigenvalue weighted by Gasteiger charge is -2.32. The zero-order chi connectivity index (χ0) is 22.7. The molecule has 0 spiro atoms. The Balaban J connectivity index is 1.47. The van der Waals surface area contributed by atoms with Crippen LogP contribution in [0.15, 0.2) is 30.3 Å². The van der Waals surface area contributed by atoms with Gasteiger partial charge in [0.05, 0.1) is 35.0 Å². The maximum absolute atomic E-state index is 13.3. The van der Waals surface area contributed by atoms with E-state index in [1.807, 2.05) is 29.2 Å². The molecule has 2 aliphatic rings. The van der Waals surface area contributed by atoms with E-state index in [0.717, 1.165) is 54.2 Å². The van der Waals surface area contributed by atoms with Crippen LogP contribution in [0, 0.1) is 0 Å². The number of rotatable bonds is 7. The van der Waals surface area contributed by atoms with Crippen molar-refractivity contribution in [2.45, 2.75) is 31.8 Å². The third kappa shape index (κ3) is 4.35. The summed E-state index contributed by atoms with van der Waals surface area (Å²) in [5.74, 6) is 3.17. The highest BCUT2D eigenvalue weighted by Gasteiger charge is 2.32. The van der Waals surface area contributed by atoms with E-state index >= 15 is 0 Å². The highest BCUT2D eigenvalue weighted by molar-refractivity contribution is 5.79. The summed E-state index contributed by atoms with van der Waals surface area (Å²) >= 11 is 0. The average molecular weight is 441 g/mol. The van der Waals surface area contributed by atoms with Crippen molar-refractivity contribution in [1.29, 1.82) is 0 Å². The van der Waals surface area contributed by atoms with Gasteiger partial charge >= 0.3 is 0 Å². The molecule has 0 aromatic heterocycles. The fourth-order valence-corrected chi connectivity index (χ4v) is 4.83. The van der Waals surface area contributed by atoms with E-state index < -0.39 is 0 Å². The minimum absolute atomic E-state index is 0.157. The van der Waals surface area contributed by atoms with Crippen LogP contribution in [0.25, 0.3) is 0 Å². The Morgan fingerprint density at radius 3 is 2.31 bits per heavy atom. The molecule has 1 amide bonds. The Labute approximate surface area is 189 Å². The quantitative estimate of drug-likeness (QED) is 0.657. The number of amides is 1. The minimum Gasteiger partial charge on any atom is -0.497 e. The molecule has 172 valence electrons. The van der Waals surface area contributed by atoms with Crippen molar-refractivity contribution in [2.24, 2.45) is 0 Å². The summed E-state index contributed by atoms with van der Waals surface area (Å²) in [6.07, 6.45) is 2.89. The standard InChI is InChI=1S/C25H32N2O5/c1-29-19-7-8-20(22(14-19)30-2)21-6-5-10-26(21)16-25(28)27-11-9-17-12-23(31-3)24(32-4)13-18(17)15-27/h7-8,12-14,21H,5-6,9-11,15-16H2,1-4H3/t21-/m0/s1. The Hall–Kier alpha value is -2.93. The van der Waals surface area contributed by atoms with Gasteiger partial charge in [-0.15, -0.1) is 0 Å². The van der Waals surface area contributed by atoms with Crippen molar-refractivity contribution < 1.29 is 23.7 Å². The fourth-order valence-electron chi connectivity index (χ4n) is 4.83. The van der Waals surface area contributed by atoms with Crippen LogP contribution in [0.5, 0.6) is 23.0 Å². The summed E-state index contributed by atoms with van der Waals surface area (Å²) in [4.78, 5) is 17.5. The van der Waals surface area contributed by atoms with Gasteiger partial charge in [0.2, 0.25) is 5.91 Å². The molecule has 4 rings (SSSR count). The summed E-state index contributed by atoms with van der Waals surface area (Å²) in [6, 6.07) is 10.1. The smallest absolute Gasteiger partial charge is 0.237 e. The van der Waals surface area contributed by atoms with Gasteiger partial charge in [0, 0.05) is 30.8 Å². The lowest BCUT2D eigenvalue weighted by atomic mass is 9.98. The number of ether oxygens (including phenoxy) is 4. The number of carbonyl (C=O) groups is 1. The summed E-state index contributed by atoms with van der Waals surface area (Å²) in [5.41, 5.74) is 3.45. The molecule has 0 bridgehead atoms. The molecule has 32 heavy (non-hydrogen) atoms. The molecular formula is C25H32N2O5. The Morgan fingerprint density at radius 2 is 1.62 bits per heavy atom. The monoisotopic (exact) mass is 440 g/mol. The van der Waals surface area contributed by atoms with Crippen molar-refractivity contribution in [3.8, 4) is 23.0 Å². The van der Waals surface area contributed by atoms with E-state index in [1.54, 1.807) is 28.4 Å². The predicted molar refractivity (Wildman–Crippen MR) is 122 cm³/mol. The molecule has 1 atom stereocenters. The van der Waals surface area contributed by atoms with Crippen LogP contribution in [-0.4, -0.2) is 63.8 Å². The van der Waals surface area contributed by atoms with Crippen LogP contribution < -0.4 is 18.9 Å². The van der Waals surface area contributed by atoms with Gasteiger partial charge in [-0.25, -0.2) is 0 Å². The highest BCUT2D eigenvalue weighted by atomic mass is 16.5. The molecule has 2 aromatic rings. The van der Waals surface area contributed by atoms with Crippen molar-refractivity contribution in [3.05, 3.63) is 47.0 Å². The number of benzene rings is 2. The van der Waals surface area contributed by atoms with E-state index in [9.17, 15) is 4.79 Å². The molecule has 7 heteroatoms. The van der Waals surface area contributed by atoms with Crippen molar-refractivity contribution in [2.75, 3.05) is 48.1 Å². The Kier molecular flexibility index (Phi) is 6.74. The summed E-state index contributed by atoms with van der Waals surface area (Å²) < 4.78 is 21.8. The van der Waals surface area contributed by atoms with Crippen LogP contribution in [0.3, 0.4) is 0 Å². The number of hydrogen-bond donors (Lipinski definition) is 0. The third-order valence-electron chi connectivity index (χ3n) is 6.57. The van der Waals surface area contributed by atoms with E-state index in [2.05, 4.69) is 11.0 Å². The van der Waals surface area contributed by atoms with Crippen LogP contribution in [-0.2, 0) is 17.8 Å². The number of carbonyl (C=O) groups excluding carboxylic acids is 1. The Morgan fingerprint density at radius 1 is 0.906 bits per heavy atom. The molecule has 1 saturated heterocycles. The molecule has 0 aliphatic carbocycles. The molecule has 0 radical (unpaired) electrons. The van der Waals surface area contributed by atoms with E-state index in [0.29, 0.717) is 25.4 Å². The second kappa shape index (κ2) is 9.69. The van der Waals surface area contributed by atoms with Gasteiger partial charge in [-0.2, -0.15) is 0 Å². The number of likely N-dealkylation sites (tertiary alicyclic amines) is 1. The number of methoxy groups -OCH3 is 4. The SMILES string of the molecule is COc1ccc([C@@H]2CCCN2CC(=O)N2CCc3cc(OC)c(OC)cc3C2)c(OC)c1. The van der Waals surface area contributed by atoms with Gasteiger partial charge in [0.25, 0.3) is 0 Å². The normalized spacial score (nSPS) is 18.2. The maximum Gasteiger partial charge on any atom is 0.237 e. The summed E-state index contributed by atoms with van der Waals surface area (Å²) in [5, 5.41) is 0. The van der Waals surface area contributed by atoms with Gasteiger partial charge in [0.15, 0.2) is 11.5 Å². The van der Waals surface area contributed by atoms with Crippen molar-refractivity contribution in [1.82, 2.24) is 9.80 Å². The second-order valence-corrected chi connectivity index (χ2v) is 8.28. The lowest BCUT2D eigenvalue weighted by molar-refractivity contribution is -0.133. The van der Waals surface area contributed by atoms with Crippen molar-refractivity contribution >= 4 is 5.91 Å². The van der Waals surface area contributed by atoms with Crippen LogP contribution in [0.4, 0.5) is 0 Å². The first-order chi connectivity index (χ1) is 15.6. The third-order valence-corrected chi connectivity index (χ3v) is 6.57. The maximum atomic E-state index is 13.3. The lowest BCUT2D eigenvalue weighted by Crippen LogP contribution is -2.42. The van der Waals surface area contributed by atoms with Gasteiger partial charge in [-0.1, -0.05) is 6.07 Å².